The predicted molar refractivity (Wildman–Crippen MR) is 85.5 cm³/mol. The molecule has 2 aliphatic heterocycles. The first-order valence-electron chi connectivity index (χ1n) is 8.04. The average molecular weight is 287 g/mol. The summed E-state index contributed by atoms with van der Waals surface area (Å²) in [5, 5.41) is 3.38. The van der Waals surface area contributed by atoms with Crippen LogP contribution in [-0.4, -0.2) is 43.5 Å². The summed E-state index contributed by atoms with van der Waals surface area (Å²) in [5.41, 5.74) is 2.52. The summed E-state index contributed by atoms with van der Waals surface area (Å²) in [5.74, 6) is 0.283. The minimum Gasteiger partial charge on any atom is -0.359 e. The van der Waals surface area contributed by atoms with Crippen molar-refractivity contribution in [2.75, 3.05) is 31.6 Å². The maximum atomic E-state index is 12.7. The van der Waals surface area contributed by atoms with Crippen LogP contribution in [0.5, 0.6) is 0 Å². The molecule has 0 radical (unpaired) electrons. The van der Waals surface area contributed by atoms with Crippen LogP contribution in [-0.2, 0) is 4.79 Å². The highest BCUT2D eigenvalue weighted by Gasteiger charge is 2.32. The summed E-state index contributed by atoms with van der Waals surface area (Å²) in [6.07, 6.45) is 3.35. The number of rotatable bonds is 3. The first-order chi connectivity index (χ1) is 10.2. The van der Waals surface area contributed by atoms with Crippen molar-refractivity contribution >= 4 is 11.6 Å². The Kier molecular flexibility index (Phi) is 4.15. The van der Waals surface area contributed by atoms with Crippen LogP contribution in [0.2, 0.25) is 0 Å². The first kappa shape index (κ1) is 14.4. The third kappa shape index (κ3) is 2.64. The molecule has 0 aliphatic carbocycles. The molecule has 1 saturated heterocycles. The fraction of sp³-hybridized carbons (Fsp3) is 0.588. The summed E-state index contributed by atoms with van der Waals surface area (Å²) in [6.45, 7) is 4.84. The SMILES string of the molecule is CNC1CCN(C(C)C(=O)N2CCCC2)c2ccccc21. The highest BCUT2D eigenvalue weighted by molar-refractivity contribution is 5.85. The summed E-state index contributed by atoms with van der Waals surface area (Å²) < 4.78 is 0. The van der Waals surface area contributed by atoms with Gasteiger partial charge in [-0.2, -0.15) is 0 Å². The Hall–Kier alpha value is -1.55. The van der Waals surface area contributed by atoms with Crippen LogP contribution in [0.15, 0.2) is 24.3 Å². The van der Waals surface area contributed by atoms with Crippen LogP contribution in [0, 0.1) is 0 Å². The monoisotopic (exact) mass is 287 g/mol. The Morgan fingerprint density at radius 3 is 2.67 bits per heavy atom. The Labute approximate surface area is 127 Å². The van der Waals surface area contributed by atoms with Crippen LogP contribution >= 0.6 is 0 Å². The van der Waals surface area contributed by atoms with E-state index < -0.39 is 0 Å². The summed E-state index contributed by atoms with van der Waals surface area (Å²) in [7, 11) is 2.01. The van der Waals surface area contributed by atoms with Gasteiger partial charge < -0.3 is 15.1 Å². The molecule has 0 bridgehead atoms. The molecule has 0 saturated carbocycles. The van der Waals surface area contributed by atoms with Crippen molar-refractivity contribution in [1.29, 1.82) is 0 Å². The zero-order valence-corrected chi connectivity index (χ0v) is 13.0. The number of hydrogen-bond donors (Lipinski definition) is 1. The molecule has 114 valence electrons. The van der Waals surface area contributed by atoms with Gasteiger partial charge in [-0.15, -0.1) is 0 Å². The number of carbonyl (C=O) groups is 1. The van der Waals surface area contributed by atoms with E-state index in [0.717, 1.165) is 38.9 Å². The Balaban J connectivity index is 1.83. The number of nitrogens with one attached hydrogen (secondary N) is 1. The lowest BCUT2D eigenvalue weighted by molar-refractivity contribution is -0.131. The van der Waals surface area contributed by atoms with Gasteiger partial charge in [-0.05, 0) is 44.9 Å². The zero-order chi connectivity index (χ0) is 14.8. The molecule has 2 heterocycles. The van der Waals surface area contributed by atoms with E-state index >= 15 is 0 Å². The number of carbonyl (C=O) groups excluding carboxylic acids is 1. The van der Waals surface area contributed by atoms with Crippen molar-refractivity contribution in [3.63, 3.8) is 0 Å². The molecule has 0 spiro atoms. The van der Waals surface area contributed by atoms with E-state index in [9.17, 15) is 4.79 Å². The second kappa shape index (κ2) is 6.06. The van der Waals surface area contributed by atoms with Gasteiger partial charge in [-0.25, -0.2) is 0 Å². The van der Waals surface area contributed by atoms with E-state index in [4.69, 9.17) is 0 Å². The number of anilines is 1. The molecule has 1 fully saturated rings. The van der Waals surface area contributed by atoms with Gasteiger partial charge in [0.05, 0.1) is 0 Å². The van der Waals surface area contributed by atoms with E-state index in [1.165, 1.54) is 11.3 Å². The number of nitrogens with zero attached hydrogens (tertiary/aromatic N) is 2. The smallest absolute Gasteiger partial charge is 0.244 e. The van der Waals surface area contributed by atoms with E-state index in [0.29, 0.717) is 6.04 Å². The van der Waals surface area contributed by atoms with Gasteiger partial charge in [0.1, 0.15) is 6.04 Å². The Morgan fingerprint density at radius 2 is 1.95 bits per heavy atom. The fourth-order valence-corrected chi connectivity index (χ4v) is 3.63. The van der Waals surface area contributed by atoms with Crippen LogP contribution < -0.4 is 10.2 Å². The van der Waals surface area contributed by atoms with E-state index in [2.05, 4.69) is 41.4 Å². The van der Waals surface area contributed by atoms with Crippen molar-refractivity contribution in [2.45, 2.75) is 38.3 Å². The molecule has 1 aromatic carbocycles. The van der Waals surface area contributed by atoms with Crippen molar-refractivity contribution in [1.82, 2.24) is 10.2 Å². The fourth-order valence-electron chi connectivity index (χ4n) is 3.63. The molecule has 2 aliphatic rings. The van der Waals surface area contributed by atoms with Gasteiger partial charge in [0.2, 0.25) is 5.91 Å². The molecule has 1 amide bonds. The number of fused-ring (bicyclic) bond motifs is 1. The van der Waals surface area contributed by atoms with Crippen molar-refractivity contribution in [2.24, 2.45) is 0 Å². The average Bonchev–Trinajstić information content (AvgIpc) is 3.07. The topological polar surface area (TPSA) is 35.6 Å². The van der Waals surface area contributed by atoms with Crippen LogP contribution in [0.3, 0.4) is 0 Å². The van der Waals surface area contributed by atoms with Crippen molar-refractivity contribution in [3.8, 4) is 0 Å². The van der Waals surface area contributed by atoms with Gasteiger partial charge in [-0.1, -0.05) is 18.2 Å². The minimum atomic E-state index is -0.0675. The van der Waals surface area contributed by atoms with Gasteiger partial charge in [0, 0.05) is 31.4 Å². The highest BCUT2D eigenvalue weighted by atomic mass is 16.2. The summed E-state index contributed by atoms with van der Waals surface area (Å²) in [6, 6.07) is 8.80. The maximum absolute atomic E-state index is 12.7. The second-order valence-corrected chi connectivity index (χ2v) is 6.09. The molecule has 1 N–H and O–H groups in total. The molecule has 3 rings (SSSR count). The van der Waals surface area contributed by atoms with Gasteiger partial charge >= 0.3 is 0 Å². The standard InChI is InChI=1S/C17H25N3O/c1-13(17(21)19-10-5-6-11-19)20-12-9-15(18-2)14-7-3-4-8-16(14)20/h3-4,7-8,13,15,18H,5-6,9-12H2,1-2H3. The molecular weight excluding hydrogens is 262 g/mol. The number of likely N-dealkylation sites (tertiary alicyclic amines) is 1. The minimum absolute atomic E-state index is 0.0675. The number of hydrogen-bond acceptors (Lipinski definition) is 3. The summed E-state index contributed by atoms with van der Waals surface area (Å²) >= 11 is 0. The summed E-state index contributed by atoms with van der Waals surface area (Å²) in [4.78, 5) is 17.0. The molecule has 21 heavy (non-hydrogen) atoms. The molecular formula is C17H25N3O. The predicted octanol–water partition coefficient (Wildman–Crippen LogP) is 2.17. The Morgan fingerprint density at radius 1 is 1.24 bits per heavy atom. The van der Waals surface area contributed by atoms with Crippen molar-refractivity contribution in [3.05, 3.63) is 29.8 Å². The highest BCUT2D eigenvalue weighted by Crippen LogP contribution is 2.34. The zero-order valence-electron chi connectivity index (χ0n) is 13.0. The molecule has 4 nitrogen and oxygen atoms in total. The van der Waals surface area contributed by atoms with Crippen LogP contribution in [0.4, 0.5) is 5.69 Å². The van der Waals surface area contributed by atoms with Gasteiger partial charge in [-0.3, -0.25) is 4.79 Å². The molecule has 4 heteroatoms. The van der Waals surface area contributed by atoms with Crippen LogP contribution in [0.25, 0.3) is 0 Å². The van der Waals surface area contributed by atoms with Crippen molar-refractivity contribution < 1.29 is 4.79 Å². The number of para-hydroxylation sites is 1. The normalized spacial score (nSPS) is 23.0. The van der Waals surface area contributed by atoms with E-state index in [1.807, 2.05) is 11.9 Å². The first-order valence-corrected chi connectivity index (χ1v) is 8.04. The third-order valence-corrected chi connectivity index (χ3v) is 4.87. The maximum Gasteiger partial charge on any atom is 0.244 e. The second-order valence-electron chi connectivity index (χ2n) is 6.09. The Bertz CT molecular complexity index is 511. The lowest BCUT2D eigenvalue weighted by atomic mass is 9.95. The quantitative estimate of drug-likeness (QED) is 0.925. The van der Waals surface area contributed by atoms with E-state index in [1.54, 1.807) is 0 Å². The largest absolute Gasteiger partial charge is 0.359 e. The van der Waals surface area contributed by atoms with E-state index in [-0.39, 0.29) is 11.9 Å². The van der Waals surface area contributed by atoms with Crippen LogP contribution in [0.1, 0.15) is 37.8 Å². The lowest BCUT2D eigenvalue weighted by Gasteiger charge is -2.39. The molecule has 0 aromatic heterocycles. The molecule has 2 atom stereocenters. The third-order valence-electron chi connectivity index (χ3n) is 4.87. The molecule has 1 aromatic rings. The number of amides is 1. The van der Waals surface area contributed by atoms with Gasteiger partial charge in [0.25, 0.3) is 0 Å². The molecule has 2 unspecified atom stereocenters. The number of benzene rings is 1. The lowest BCUT2D eigenvalue weighted by Crippen LogP contribution is -2.49. The van der Waals surface area contributed by atoms with Gasteiger partial charge in [0.15, 0.2) is 0 Å².